The first-order valence-corrected chi connectivity index (χ1v) is 6.04. The molecule has 0 atom stereocenters. The number of nitrogens with zero attached hydrogens (tertiary/aromatic N) is 1. The number of amides is 2. The predicted octanol–water partition coefficient (Wildman–Crippen LogP) is 1.13. The van der Waals surface area contributed by atoms with Gasteiger partial charge in [0.05, 0.1) is 6.54 Å². The van der Waals surface area contributed by atoms with E-state index in [0.29, 0.717) is 0 Å². The first-order valence-electron chi connectivity index (χ1n) is 6.04. The normalized spacial score (nSPS) is 11.3. The van der Waals surface area contributed by atoms with Gasteiger partial charge in [-0.1, -0.05) is 6.07 Å². The molecule has 2 amide bonds. The van der Waals surface area contributed by atoms with Crippen LogP contribution in [0.15, 0.2) is 30.6 Å². The molecule has 1 aromatic rings. The van der Waals surface area contributed by atoms with E-state index in [1.54, 1.807) is 24.5 Å². The smallest absolute Gasteiger partial charge is 0.244 e. The standard InChI is InChI=1S/C14H19N3O2/c1-14(2,3)17-13(19)10-16-12(18)7-6-11-5-4-8-15-9-11/h4-9H,10H2,1-3H3,(H,16,18)(H,17,19)/b7-6+. The first kappa shape index (κ1) is 14.9. The Morgan fingerprint density at radius 2 is 2.11 bits per heavy atom. The van der Waals surface area contributed by atoms with Crippen LogP contribution in [0, 0.1) is 0 Å². The van der Waals surface area contributed by atoms with E-state index in [9.17, 15) is 9.59 Å². The number of nitrogens with one attached hydrogen (secondary N) is 2. The molecule has 0 unspecified atom stereocenters. The molecular formula is C14H19N3O2. The summed E-state index contributed by atoms with van der Waals surface area (Å²) in [5.74, 6) is -0.524. The minimum Gasteiger partial charge on any atom is -0.350 e. The van der Waals surface area contributed by atoms with Crippen LogP contribution in [0.1, 0.15) is 26.3 Å². The summed E-state index contributed by atoms with van der Waals surface area (Å²) in [5, 5.41) is 5.28. The molecule has 1 aromatic heterocycles. The minimum absolute atomic E-state index is 0.0342. The van der Waals surface area contributed by atoms with Crippen LogP contribution >= 0.6 is 0 Å². The fourth-order valence-corrected chi connectivity index (χ4v) is 1.34. The summed E-state index contributed by atoms with van der Waals surface area (Å²) < 4.78 is 0. The topological polar surface area (TPSA) is 71.1 Å². The van der Waals surface area contributed by atoms with Gasteiger partial charge in [-0.05, 0) is 38.5 Å². The Bertz CT molecular complexity index is 461. The Balaban J connectivity index is 2.36. The third kappa shape index (κ3) is 6.98. The van der Waals surface area contributed by atoms with Crippen LogP contribution in [0.4, 0.5) is 0 Å². The van der Waals surface area contributed by atoms with Gasteiger partial charge in [0.15, 0.2) is 0 Å². The molecule has 0 fully saturated rings. The fourth-order valence-electron chi connectivity index (χ4n) is 1.34. The van der Waals surface area contributed by atoms with E-state index in [-0.39, 0.29) is 23.9 Å². The molecule has 19 heavy (non-hydrogen) atoms. The van der Waals surface area contributed by atoms with Crippen molar-refractivity contribution >= 4 is 17.9 Å². The molecule has 0 spiro atoms. The highest BCUT2D eigenvalue weighted by molar-refractivity contribution is 5.94. The number of aromatic nitrogens is 1. The zero-order valence-electron chi connectivity index (χ0n) is 11.4. The zero-order chi connectivity index (χ0) is 14.3. The Labute approximate surface area is 113 Å². The van der Waals surface area contributed by atoms with E-state index < -0.39 is 0 Å². The molecule has 5 nitrogen and oxygen atoms in total. The van der Waals surface area contributed by atoms with Crippen LogP contribution in [0.5, 0.6) is 0 Å². The van der Waals surface area contributed by atoms with Gasteiger partial charge in [0, 0.05) is 24.0 Å². The first-order chi connectivity index (χ1) is 8.87. The number of hydrogen-bond donors (Lipinski definition) is 2. The number of carbonyl (C=O) groups excluding carboxylic acids is 2. The summed E-state index contributed by atoms with van der Waals surface area (Å²) in [5.41, 5.74) is 0.532. The molecule has 1 heterocycles. The van der Waals surface area contributed by atoms with Gasteiger partial charge in [0.25, 0.3) is 0 Å². The average Bonchev–Trinajstić information content (AvgIpc) is 2.33. The van der Waals surface area contributed by atoms with Gasteiger partial charge in [0.1, 0.15) is 0 Å². The van der Waals surface area contributed by atoms with Crippen LogP contribution < -0.4 is 10.6 Å². The van der Waals surface area contributed by atoms with Gasteiger partial charge in [-0.15, -0.1) is 0 Å². The van der Waals surface area contributed by atoms with Gasteiger partial charge in [0.2, 0.25) is 11.8 Å². The third-order valence-electron chi connectivity index (χ3n) is 2.05. The number of hydrogen-bond acceptors (Lipinski definition) is 3. The maximum atomic E-state index is 11.5. The summed E-state index contributed by atoms with van der Waals surface area (Å²) >= 11 is 0. The maximum absolute atomic E-state index is 11.5. The van der Waals surface area contributed by atoms with Crippen molar-refractivity contribution < 1.29 is 9.59 Å². The number of carbonyl (C=O) groups is 2. The third-order valence-corrected chi connectivity index (χ3v) is 2.05. The van der Waals surface area contributed by atoms with Gasteiger partial charge in [-0.3, -0.25) is 14.6 Å². The molecular weight excluding hydrogens is 242 g/mol. The minimum atomic E-state index is -0.312. The van der Waals surface area contributed by atoms with Crippen molar-refractivity contribution in [1.29, 1.82) is 0 Å². The molecule has 1 rings (SSSR count). The largest absolute Gasteiger partial charge is 0.350 e. The highest BCUT2D eigenvalue weighted by Gasteiger charge is 2.13. The van der Waals surface area contributed by atoms with Crippen molar-refractivity contribution in [3.05, 3.63) is 36.2 Å². The van der Waals surface area contributed by atoms with Crippen molar-refractivity contribution in [3.63, 3.8) is 0 Å². The summed E-state index contributed by atoms with van der Waals surface area (Å²) in [6, 6.07) is 3.62. The SMILES string of the molecule is CC(C)(C)NC(=O)CNC(=O)/C=C/c1cccnc1. The molecule has 0 saturated heterocycles. The summed E-state index contributed by atoms with van der Waals surface area (Å²) in [6.07, 6.45) is 6.33. The molecule has 0 aliphatic heterocycles. The van der Waals surface area contributed by atoms with Crippen LogP contribution in [0.2, 0.25) is 0 Å². The molecule has 0 bridgehead atoms. The van der Waals surface area contributed by atoms with Gasteiger partial charge < -0.3 is 10.6 Å². The van der Waals surface area contributed by atoms with E-state index in [1.165, 1.54) is 6.08 Å². The van der Waals surface area contributed by atoms with Crippen LogP contribution in [-0.4, -0.2) is 28.9 Å². The lowest BCUT2D eigenvalue weighted by Crippen LogP contribution is -2.45. The van der Waals surface area contributed by atoms with Crippen LogP contribution in [0.25, 0.3) is 6.08 Å². The number of pyridine rings is 1. The maximum Gasteiger partial charge on any atom is 0.244 e. The molecule has 2 N–H and O–H groups in total. The Hall–Kier alpha value is -2.17. The van der Waals surface area contributed by atoms with Gasteiger partial charge in [-0.25, -0.2) is 0 Å². The quantitative estimate of drug-likeness (QED) is 0.798. The van der Waals surface area contributed by atoms with Crippen molar-refractivity contribution in [2.24, 2.45) is 0 Å². The molecule has 0 aromatic carbocycles. The lowest BCUT2D eigenvalue weighted by atomic mass is 10.1. The molecule has 5 heteroatoms. The van der Waals surface area contributed by atoms with E-state index in [2.05, 4.69) is 15.6 Å². The van der Waals surface area contributed by atoms with E-state index >= 15 is 0 Å². The van der Waals surface area contributed by atoms with Gasteiger partial charge >= 0.3 is 0 Å². The van der Waals surface area contributed by atoms with Crippen LogP contribution in [0.3, 0.4) is 0 Å². The second-order valence-corrected chi connectivity index (χ2v) is 5.14. The molecule has 102 valence electrons. The highest BCUT2D eigenvalue weighted by Crippen LogP contribution is 1.98. The molecule has 0 aliphatic rings. The molecule has 0 saturated carbocycles. The highest BCUT2D eigenvalue weighted by atomic mass is 16.2. The lowest BCUT2D eigenvalue weighted by molar-refractivity contribution is -0.124. The lowest BCUT2D eigenvalue weighted by Gasteiger charge is -2.20. The van der Waals surface area contributed by atoms with E-state index in [1.807, 2.05) is 26.8 Å². The van der Waals surface area contributed by atoms with Crippen molar-refractivity contribution in [2.75, 3.05) is 6.54 Å². The summed E-state index contributed by atoms with van der Waals surface area (Å²) in [7, 11) is 0. The predicted molar refractivity (Wildman–Crippen MR) is 74.2 cm³/mol. The van der Waals surface area contributed by atoms with E-state index in [4.69, 9.17) is 0 Å². The summed E-state index contributed by atoms with van der Waals surface area (Å²) in [4.78, 5) is 26.9. The zero-order valence-corrected chi connectivity index (χ0v) is 11.4. The van der Waals surface area contributed by atoms with E-state index in [0.717, 1.165) is 5.56 Å². The monoisotopic (exact) mass is 261 g/mol. The number of rotatable bonds is 4. The second kappa shape index (κ2) is 6.68. The molecule has 0 radical (unpaired) electrons. The average molecular weight is 261 g/mol. The Morgan fingerprint density at radius 1 is 1.37 bits per heavy atom. The van der Waals surface area contributed by atoms with Crippen molar-refractivity contribution in [1.82, 2.24) is 15.6 Å². The van der Waals surface area contributed by atoms with Gasteiger partial charge in [-0.2, -0.15) is 0 Å². The fraction of sp³-hybridized carbons (Fsp3) is 0.357. The Morgan fingerprint density at radius 3 is 2.68 bits per heavy atom. The van der Waals surface area contributed by atoms with Crippen molar-refractivity contribution in [3.8, 4) is 0 Å². The summed E-state index contributed by atoms with van der Waals surface area (Å²) in [6.45, 7) is 5.62. The van der Waals surface area contributed by atoms with Crippen molar-refractivity contribution in [2.45, 2.75) is 26.3 Å². The molecule has 0 aliphatic carbocycles. The Kier molecular flexibility index (Phi) is 5.23. The second-order valence-electron chi connectivity index (χ2n) is 5.14. The van der Waals surface area contributed by atoms with Crippen LogP contribution in [-0.2, 0) is 9.59 Å².